The first kappa shape index (κ1) is 14.7. The maximum absolute atomic E-state index is 12.1. The van der Waals surface area contributed by atoms with Crippen molar-refractivity contribution >= 4 is 10.1 Å². The molecule has 0 saturated carbocycles. The summed E-state index contributed by atoms with van der Waals surface area (Å²) in [4.78, 5) is 0.125. The van der Waals surface area contributed by atoms with Gasteiger partial charge in [0, 0.05) is 0 Å². The highest BCUT2D eigenvalue weighted by molar-refractivity contribution is 7.86. The highest BCUT2D eigenvalue weighted by Crippen LogP contribution is 2.19. The number of aliphatic hydroxyl groups excluding tert-OH is 1. The van der Waals surface area contributed by atoms with Crippen molar-refractivity contribution in [3.05, 3.63) is 65.7 Å². The van der Waals surface area contributed by atoms with Crippen LogP contribution >= 0.6 is 0 Å². The van der Waals surface area contributed by atoms with Crippen LogP contribution in [0.3, 0.4) is 0 Å². The van der Waals surface area contributed by atoms with E-state index in [4.69, 9.17) is 4.18 Å². The van der Waals surface area contributed by atoms with Crippen LogP contribution in [0.1, 0.15) is 17.2 Å². The molecule has 0 fully saturated rings. The number of benzene rings is 2. The molecule has 2 aromatic rings. The van der Waals surface area contributed by atoms with E-state index in [9.17, 15) is 13.5 Å². The van der Waals surface area contributed by atoms with E-state index in [0.717, 1.165) is 0 Å². The number of aryl methyl sites for hydroxylation is 1. The normalized spacial score (nSPS) is 13.1. The predicted molar refractivity (Wildman–Crippen MR) is 75.7 cm³/mol. The van der Waals surface area contributed by atoms with Crippen molar-refractivity contribution in [3.8, 4) is 0 Å². The third-order valence-corrected chi connectivity index (χ3v) is 4.37. The van der Waals surface area contributed by atoms with Crippen LogP contribution < -0.4 is 0 Å². The molecule has 0 aliphatic rings. The lowest BCUT2D eigenvalue weighted by Gasteiger charge is -2.12. The first-order chi connectivity index (χ1) is 9.50. The standard InChI is InChI=1S/C15H16O4S/c1-12-7-5-6-10-15(12)20(17,18)19-11-14(16)13-8-3-2-4-9-13/h2-10,14,16H,11H2,1H3/t14-/m1/s1. The first-order valence-electron chi connectivity index (χ1n) is 6.19. The van der Waals surface area contributed by atoms with Gasteiger partial charge in [-0.05, 0) is 24.1 Å². The second kappa shape index (κ2) is 6.17. The minimum Gasteiger partial charge on any atom is -0.386 e. The Bertz CT molecular complexity index is 665. The van der Waals surface area contributed by atoms with E-state index in [1.165, 1.54) is 6.07 Å². The molecule has 0 aromatic heterocycles. The highest BCUT2D eigenvalue weighted by atomic mass is 32.2. The summed E-state index contributed by atoms with van der Waals surface area (Å²) >= 11 is 0. The van der Waals surface area contributed by atoms with Gasteiger partial charge in [0.1, 0.15) is 6.10 Å². The fourth-order valence-corrected chi connectivity index (χ4v) is 2.97. The monoisotopic (exact) mass is 292 g/mol. The topological polar surface area (TPSA) is 63.6 Å². The third kappa shape index (κ3) is 3.45. The van der Waals surface area contributed by atoms with Crippen molar-refractivity contribution in [3.63, 3.8) is 0 Å². The van der Waals surface area contributed by atoms with Crippen LogP contribution in [0.15, 0.2) is 59.5 Å². The molecule has 1 N–H and O–H groups in total. The zero-order valence-corrected chi connectivity index (χ0v) is 11.9. The van der Waals surface area contributed by atoms with Gasteiger partial charge in [-0.3, -0.25) is 4.18 Å². The van der Waals surface area contributed by atoms with E-state index < -0.39 is 16.2 Å². The fourth-order valence-electron chi connectivity index (χ4n) is 1.83. The highest BCUT2D eigenvalue weighted by Gasteiger charge is 2.19. The Morgan fingerprint density at radius 1 is 1.05 bits per heavy atom. The summed E-state index contributed by atoms with van der Waals surface area (Å²) in [7, 11) is -3.85. The lowest BCUT2D eigenvalue weighted by Crippen LogP contribution is -2.14. The summed E-state index contributed by atoms with van der Waals surface area (Å²) in [6, 6.07) is 15.4. The Hall–Kier alpha value is -1.69. The molecule has 0 bridgehead atoms. The van der Waals surface area contributed by atoms with Crippen LogP contribution in [-0.2, 0) is 14.3 Å². The largest absolute Gasteiger partial charge is 0.386 e. The van der Waals surface area contributed by atoms with Gasteiger partial charge in [0.05, 0.1) is 11.5 Å². The van der Waals surface area contributed by atoms with Crippen LogP contribution in [0.25, 0.3) is 0 Å². The van der Waals surface area contributed by atoms with Gasteiger partial charge in [-0.1, -0.05) is 48.5 Å². The second-order valence-corrected chi connectivity index (χ2v) is 6.01. The van der Waals surface area contributed by atoms with Crippen molar-refractivity contribution in [2.24, 2.45) is 0 Å². The molecule has 2 rings (SSSR count). The van der Waals surface area contributed by atoms with E-state index >= 15 is 0 Å². The average molecular weight is 292 g/mol. The Morgan fingerprint density at radius 2 is 1.65 bits per heavy atom. The van der Waals surface area contributed by atoms with E-state index in [-0.39, 0.29) is 11.5 Å². The van der Waals surface area contributed by atoms with Crippen molar-refractivity contribution in [1.82, 2.24) is 0 Å². The van der Waals surface area contributed by atoms with Gasteiger partial charge in [0.15, 0.2) is 0 Å². The van der Waals surface area contributed by atoms with Crippen LogP contribution in [0, 0.1) is 6.92 Å². The minimum absolute atomic E-state index is 0.125. The van der Waals surface area contributed by atoms with E-state index in [0.29, 0.717) is 11.1 Å². The van der Waals surface area contributed by atoms with Crippen molar-refractivity contribution in [2.75, 3.05) is 6.61 Å². The molecule has 0 amide bonds. The lowest BCUT2D eigenvalue weighted by molar-refractivity contribution is 0.111. The molecule has 1 atom stereocenters. The molecule has 0 spiro atoms. The Labute approximate surface area is 118 Å². The molecular weight excluding hydrogens is 276 g/mol. The zero-order chi connectivity index (χ0) is 14.6. The van der Waals surface area contributed by atoms with Gasteiger partial charge in [-0.2, -0.15) is 8.42 Å². The summed E-state index contributed by atoms with van der Waals surface area (Å²) in [5.74, 6) is 0. The lowest BCUT2D eigenvalue weighted by atomic mass is 10.1. The summed E-state index contributed by atoms with van der Waals surface area (Å²) in [5, 5.41) is 9.91. The summed E-state index contributed by atoms with van der Waals surface area (Å²) < 4.78 is 29.0. The van der Waals surface area contributed by atoms with Gasteiger partial charge < -0.3 is 5.11 Å². The molecule has 2 aromatic carbocycles. The Morgan fingerprint density at radius 3 is 2.30 bits per heavy atom. The van der Waals surface area contributed by atoms with Crippen LogP contribution in [0.4, 0.5) is 0 Å². The van der Waals surface area contributed by atoms with Crippen molar-refractivity contribution in [1.29, 1.82) is 0 Å². The zero-order valence-electron chi connectivity index (χ0n) is 11.1. The van der Waals surface area contributed by atoms with Gasteiger partial charge in [-0.25, -0.2) is 0 Å². The number of rotatable bonds is 5. The molecule has 106 valence electrons. The van der Waals surface area contributed by atoms with Crippen LogP contribution in [-0.4, -0.2) is 20.1 Å². The molecule has 20 heavy (non-hydrogen) atoms. The van der Waals surface area contributed by atoms with Crippen LogP contribution in [0.2, 0.25) is 0 Å². The molecule has 5 heteroatoms. The maximum Gasteiger partial charge on any atom is 0.297 e. The Kier molecular flexibility index (Phi) is 4.54. The predicted octanol–water partition coefficient (Wildman–Crippen LogP) is 2.43. The summed E-state index contributed by atoms with van der Waals surface area (Å²) in [6.45, 7) is 1.39. The van der Waals surface area contributed by atoms with E-state index in [1.54, 1.807) is 49.4 Å². The fraction of sp³-hybridized carbons (Fsp3) is 0.200. The molecule has 0 aliphatic heterocycles. The molecule has 0 radical (unpaired) electrons. The molecule has 0 unspecified atom stereocenters. The van der Waals surface area contributed by atoms with Gasteiger partial charge in [0.25, 0.3) is 10.1 Å². The average Bonchev–Trinajstić information content (AvgIpc) is 2.46. The molecule has 4 nitrogen and oxygen atoms in total. The van der Waals surface area contributed by atoms with Crippen molar-refractivity contribution < 1.29 is 17.7 Å². The third-order valence-electron chi connectivity index (χ3n) is 2.93. The summed E-state index contributed by atoms with van der Waals surface area (Å²) in [6.07, 6.45) is -0.977. The summed E-state index contributed by atoms with van der Waals surface area (Å²) in [5.41, 5.74) is 1.23. The Balaban J connectivity index is 2.09. The smallest absolute Gasteiger partial charge is 0.297 e. The van der Waals surface area contributed by atoms with Crippen molar-refractivity contribution in [2.45, 2.75) is 17.9 Å². The quantitative estimate of drug-likeness (QED) is 0.860. The minimum atomic E-state index is -3.85. The van der Waals surface area contributed by atoms with Crippen LogP contribution in [0.5, 0.6) is 0 Å². The SMILES string of the molecule is Cc1ccccc1S(=O)(=O)OC[C@@H](O)c1ccccc1. The number of aliphatic hydroxyl groups is 1. The molecule has 0 aliphatic carbocycles. The molecular formula is C15H16O4S. The first-order valence-corrected chi connectivity index (χ1v) is 7.59. The maximum atomic E-state index is 12.1. The number of hydrogen-bond acceptors (Lipinski definition) is 4. The van der Waals surface area contributed by atoms with E-state index in [2.05, 4.69) is 0 Å². The molecule has 0 heterocycles. The van der Waals surface area contributed by atoms with Gasteiger partial charge >= 0.3 is 0 Å². The second-order valence-electron chi connectivity index (χ2n) is 4.43. The van der Waals surface area contributed by atoms with E-state index in [1.807, 2.05) is 6.07 Å². The van der Waals surface area contributed by atoms with Gasteiger partial charge in [-0.15, -0.1) is 0 Å². The van der Waals surface area contributed by atoms with Gasteiger partial charge in [0.2, 0.25) is 0 Å². The number of hydrogen-bond donors (Lipinski definition) is 1. The molecule has 0 saturated heterocycles.